The predicted molar refractivity (Wildman–Crippen MR) is 110 cm³/mol. The highest BCUT2D eigenvalue weighted by Gasteiger charge is 2.38. The first kappa shape index (κ1) is 25.4. The molecule has 14 heteroatoms. The first-order valence-electron chi connectivity index (χ1n) is 9.52. The molecule has 3 aromatic rings. The first-order chi connectivity index (χ1) is 15.7. The number of hydrogen-bond donors (Lipinski definition) is 3. The fraction of sp³-hybridized carbons (Fsp3) is 0.250. The molecule has 0 aliphatic carbocycles. The number of alkyl halides is 6. The molecular formula is C20H17F6N3O4S. The number of para-hydroxylation sites is 1. The zero-order valence-corrected chi connectivity index (χ0v) is 17.9. The third kappa shape index (κ3) is 5.28. The van der Waals surface area contributed by atoms with E-state index in [-0.39, 0.29) is 22.3 Å². The maximum absolute atomic E-state index is 13.3. The number of carboxylic acids is 1. The van der Waals surface area contributed by atoms with Gasteiger partial charge in [-0.15, -0.1) is 0 Å². The molecule has 0 saturated heterocycles. The predicted octanol–water partition coefficient (Wildman–Crippen LogP) is 4.12. The molecule has 0 unspecified atom stereocenters. The number of benzene rings is 2. The van der Waals surface area contributed by atoms with Crippen LogP contribution in [0.3, 0.4) is 0 Å². The van der Waals surface area contributed by atoms with E-state index in [4.69, 9.17) is 9.90 Å². The van der Waals surface area contributed by atoms with Crippen LogP contribution in [0, 0.1) is 0 Å². The average Bonchev–Trinajstić information content (AvgIpc) is 3.05. The second-order valence-corrected chi connectivity index (χ2v) is 8.93. The number of halogens is 6. The lowest BCUT2D eigenvalue weighted by molar-refractivity contribution is -0.192. The Morgan fingerprint density at radius 3 is 2.29 bits per heavy atom. The summed E-state index contributed by atoms with van der Waals surface area (Å²) in [5.74, 6) is -2.76. The molecule has 1 aliphatic heterocycles. The lowest BCUT2D eigenvalue weighted by atomic mass is 10.1. The maximum atomic E-state index is 13.3. The van der Waals surface area contributed by atoms with Gasteiger partial charge in [0.15, 0.2) is 0 Å². The van der Waals surface area contributed by atoms with Gasteiger partial charge in [-0.25, -0.2) is 13.2 Å². The van der Waals surface area contributed by atoms with Crippen LogP contribution in [0.5, 0.6) is 0 Å². The summed E-state index contributed by atoms with van der Waals surface area (Å²) in [6.45, 7) is 1.24. The normalized spacial score (nSPS) is 14.7. The number of carboxylic acid groups (broad SMARTS) is 1. The molecule has 34 heavy (non-hydrogen) atoms. The summed E-state index contributed by atoms with van der Waals surface area (Å²) < 4.78 is 98.4. The van der Waals surface area contributed by atoms with Gasteiger partial charge in [0.1, 0.15) is 4.90 Å². The van der Waals surface area contributed by atoms with E-state index >= 15 is 0 Å². The summed E-state index contributed by atoms with van der Waals surface area (Å²) >= 11 is 0. The number of fused-ring (bicyclic) bond motifs is 2. The van der Waals surface area contributed by atoms with Crippen LogP contribution in [0.25, 0.3) is 10.9 Å². The molecule has 1 aliphatic rings. The minimum absolute atomic E-state index is 0.0390. The Bertz CT molecular complexity index is 1300. The summed E-state index contributed by atoms with van der Waals surface area (Å²) in [7, 11) is -3.95. The Labute approximate surface area is 189 Å². The number of rotatable bonds is 2. The van der Waals surface area contributed by atoms with E-state index in [2.05, 4.69) is 10.3 Å². The van der Waals surface area contributed by atoms with Gasteiger partial charge in [-0.05, 0) is 23.8 Å². The van der Waals surface area contributed by atoms with Crippen molar-refractivity contribution < 1.29 is 44.7 Å². The maximum Gasteiger partial charge on any atom is 0.490 e. The van der Waals surface area contributed by atoms with Gasteiger partial charge < -0.3 is 15.4 Å². The molecule has 3 N–H and O–H groups in total. The topological polar surface area (TPSA) is 102 Å². The molecule has 0 amide bonds. The van der Waals surface area contributed by atoms with Gasteiger partial charge in [-0.1, -0.05) is 24.3 Å². The highest BCUT2D eigenvalue weighted by Crippen LogP contribution is 2.35. The fourth-order valence-electron chi connectivity index (χ4n) is 3.29. The van der Waals surface area contributed by atoms with Crippen molar-refractivity contribution in [1.29, 1.82) is 0 Å². The number of aromatic nitrogens is 1. The summed E-state index contributed by atoms with van der Waals surface area (Å²) in [6.07, 6.45) is -8.32. The van der Waals surface area contributed by atoms with Crippen LogP contribution < -0.4 is 9.62 Å². The van der Waals surface area contributed by atoms with Gasteiger partial charge in [-0.2, -0.15) is 26.3 Å². The zero-order chi connectivity index (χ0) is 25.3. The Hall–Kier alpha value is -3.26. The van der Waals surface area contributed by atoms with Crippen molar-refractivity contribution >= 4 is 32.6 Å². The van der Waals surface area contributed by atoms with Gasteiger partial charge in [0.25, 0.3) is 10.0 Å². The van der Waals surface area contributed by atoms with Crippen LogP contribution in [0.2, 0.25) is 0 Å². The van der Waals surface area contributed by atoms with Crippen LogP contribution in [0.4, 0.5) is 32.0 Å². The smallest absolute Gasteiger partial charge is 0.475 e. The first-order valence-corrected chi connectivity index (χ1v) is 11.0. The molecule has 0 radical (unpaired) electrons. The molecule has 0 spiro atoms. The van der Waals surface area contributed by atoms with Crippen molar-refractivity contribution in [3.63, 3.8) is 0 Å². The van der Waals surface area contributed by atoms with Crippen molar-refractivity contribution in [3.05, 3.63) is 59.8 Å². The number of carbonyl (C=O) groups is 1. The molecule has 0 bridgehead atoms. The summed E-state index contributed by atoms with van der Waals surface area (Å²) in [5.41, 5.74) is 0.719. The highest BCUT2D eigenvalue weighted by atomic mass is 32.2. The Balaban J connectivity index is 0.000000406. The van der Waals surface area contributed by atoms with Gasteiger partial charge in [-0.3, -0.25) is 4.31 Å². The molecule has 2 heterocycles. The zero-order valence-electron chi connectivity index (χ0n) is 17.0. The van der Waals surface area contributed by atoms with Gasteiger partial charge in [0, 0.05) is 36.7 Å². The van der Waals surface area contributed by atoms with E-state index in [9.17, 15) is 34.8 Å². The molecule has 0 atom stereocenters. The molecule has 7 nitrogen and oxygen atoms in total. The Morgan fingerprint density at radius 1 is 1.03 bits per heavy atom. The van der Waals surface area contributed by atoms with Crippen LogP contribution in [-0.2, 0) is 27.5 Å². The van der Waals surface area contributed by atoms with Crippen molar-refractivity contribution in [2.24, 2.45) is 0 Å². The summed E-state index contributed by atoms with van der Waals surface area (Å²) in [6, 6.07) is 10.2. The van der Waals surface area contributed by atoms with Crippen LogP contribution in [-0.4, -0.2) is 43.7 Å². The minimum atomic E-state index is -5.08. The molecule has 0 saturated carbocycles. The monoisotopic (exact) mass is 509 g/mol. The highest BCUT2D eigenvalue weighted by molar-refractivity contribution is 7.93. The van der Waals surface area contributed by atoms with Crippen LogP contribution in [0.15, 0.2) is 53.6 Å². The van der Waals surface area contributed by atoms with Gasteiger partial charge in [0.05, 0.1) is 11.3 Å². The molecule has 4 rings (SSSR count). The number of hydrogen-bond acceptors (Lipinski definition) is 4. The van der Waals surface area contributed by atoms with Crippen LogP contribution >= 0.6 is 0 Å². The number of H-pyrrole nitrogens is 1. The molecule has 0 fully saturated rings. The summed E-state index contributed by atoms with van der Waals surface area (Å²) in [5, 5.41) is 10.5. The quantitative estimate of drug-likeness (QED) is 0.451. The number of aliphatic carboxylic acids is 1. The molecule has 2 aromatic carbocycles. The van der Waals surface area contributed by atoms with E-state index in [0.717, 1.165) is 17.7 Å². The molecule has 1 aromatic heterocycles. The SMILES string of the molecule is O=C(O)C(F)(F)F.O=S(=O)(c1c[nH]c2cc(C(F)(F)F)ccc12)N1CCNCc2ccccc21. The summed E-state index contributed by atoms with van der Waals surface area (Å²) in [4.78, 5) is 11.5. The lowest BCUT2D eigenvalue weighted by Crippen LogP contribution is -2.34. The molecule has 184 valence electrons. The number of nitrogens with zero attached hydrogens (tertiary/aromatic N) is 1. The van der Waals surface area contributed by atoms with Gasteiger partial charge in [0.2, 0.25) is 0 Å². The average molecular weight is 509 g/mol. The largest absolute Gasteiger partial charge is 0.490 e. The van der Waals surface area contributed by atoms with Gasteiger partial charge >= 0.3 is 18.3 Å². The number of sulfonamides is 1. The lowest BCUT2D eigenvalue weighted by Gasteiger charge is -2.23. The van der Waals surface area contributed by atoms with Crippen molar-refractivity contribution in [2.45, 2.75) is 23.8 Å². The Kier molecular flexibility index (Phi) is 6.85. The van der Waals surface area contributed by atoms with Crippen LogP contribution in [0.1, 0.15) is 11.1 Å². The number of anilines is 1. The van der Waals surface area contributed by atoms with E-state index in [1.165, 1.54) is 16.6 Å². The Morgan fingerprint density at radius 2 is 1.68 bits per heavy atom. The third-order valence-electron chi connectivity index (χ3n) is 4.85. The molecular weight excluding hydrogens is 492 g/mol. The van der Waals surface area contributed by atoms with Crippen molar-refractivity contribution in [2.75, 3.05) is 17.4 Å². The minimum Gasteiger partial charge on any atom is -0.475 e. The van der Waals surface area contributed by atoms with E-state index in [1.807, 2.05) is 12.1 Å². The second-order valence-electron chi connectivity index (χ2n) is 7.10. The van der Waals surface area contributed by atoms with E-state index < -0.39 is 33.9 Å². The van der Waals surface area contributed by atoms with E-state index in [0.29, 0.717) is 18.8 Å². The second kappa shape index (κ2) is 9.18. The standard InChI is InChI=1S/C18H16F3N3O2S.C2HF3O2/c19-18(20,21)13-5-6-14-15(9-13)23-11-17(14)27(25,26)24-8-7-22-10-12-3-1-2-4-16(12)24;3-2(4,5)1(6)7/h1-6,9,11,22-23H,7-8,10H2;(H,6,7). The number of aromatic amines is 1. The number of nitrogens with one attached hydrogen (secondary N) is 2. The van der Waals surface area contributed by atoms with Crippen molar-refractivity contribution in [3.8, 4) is 0 Å². The third-order valence-corrected chi connectivity index (χ3v) is 6.70. The van der Waals surface area contributed by atoms with E-state index in [1.54, 1.807) is 12.1 Å². The van der Waals surface area contributed by atoms with Crippen molar-refractivity contribution in [1.82, 2.24) is 10.3 Å². The fourth-order valence-corrected chi connectivity index (χ4v) is 4.96.